The largest absolute Gasteiger partial charge is 0.674 e. The summed E-state index contributed by atoms with van der Waals surface area (Å²) in [5.41, 5.74) is 0. The van der Waals surface area contributed by atoms with Gasteiger partial charge in [0.25, 0.3) is 0 Å². The molecule has 0 aliphatic rings. The Labute approximate surface area is 60.1 Å². The lowest BCUT2D eigenvalue weighted by molar-refractivity contribution is 0.318. The van der Waals surface area contributed by atoms with Gasteiger partial charge in [-0.15, -0.1) is 0 Å². The smallest absolute Gasteiger partial charge is 0.398 e. The molecule has 0 aliphatic heterocycles. The number of halogens is 1. The molecule has 6 heteroatoms. The van der Waals surface area contributed by atoms with Gasteiger partial charge in [-0.2, -0.15) is 0 Å². The molecule has 0 aromatic carbocycles. The highest BCUT2D eigenvalue weighted by Gasteiger charge is 1.97. The summed E-state index contributed by atoms with van der Waals surface area (Å²) in [5.74, 6) is 0. The summed E-state index contributed by atoms with van der Waals surface area (Å²) in [6.45, 7) is 3.86. The van der Waals surface area contributed by atoms with E-state index < -0.39 is 7.40 Å². The van der Waals surface area contributed by atoms with Crippen LogP contribution in [0.5, 0.6) is 0 Å². The van der Waals surface area contributed by atoms with Crippen LogP contribution in [0, 0.1) is 0 Å². The fraction of sp³-hybridized carbons (Fsp3) is 1.00. The molecule has 64 valence electrons. The van der Waals surface area contributed by atoms with Gasteiger partial charge in [0.15, 0.2) is 0 Å². The van der Waals surface area contributed by atoms with E-state index in [-0.39, 0.29) is 13.2 Å². The molecule has 0 aromatic heterocycles. The van der Waals surface area contributed by atoms with Crippen molar-refractivity contribution in [2.75, 3.05) is 13.2 Å². The van der Waals surface area contributed by atoms with Crippen molar-refractivity contribution in [1.29, 1.82) is 0 Å². The molecule has 0 saturated heterocycles. The molecule has 0 heterocycles. The molecule has 4 nitrogen and oxygen atoms in total. The minimum absolute atomic E-state index is 0.250. The number of hydrogen-bond acceptors (Lipinski definition) is 4. The van der Waals surface area contributed by atoms with E-state index >= 15 is 0 Å². The van der Waals surface area contributed by atoms with Crippen molar-refractivity contribution in [3.63, 3.8) is 0 Å². The third-order valence-corrected chi connectivity index (χ3v) is 0. The molecule has 0 bridgehead atoms. The summed E-state index contributed by atoms with van der Waals surface area (Å²) in [6, 6.07) is 0. The zero-order valence-corrected chi connectivity index (χ0v) is 6.16. The third-order valence-electron chi connectivity index (χ3n) is 0. The first-order valence-corrected chi connectivity index (χ1v) is 2.78. The van der Waals surface area contributed by atoms with Crippen LogP contribution in [0.15, 0.2) is 0 Å². The van der Waals surface area contributed by atoms with Gasteiger partial charge >= 0.3 is 7.40 Å². The Bertz CT molecular complexity index is 33.7. The highest BCUT2D eigenvalue weighted by molar-refractivity contribution is 6.31. The van der Waals surface area contributed by atoms with Crippen molar-refractivity contribution in [1.82, 2.24) is 0 Å². The van der Waals surface area contributed by atoms with Crippen molar-refractivity contribution in [3.8, 4) is 0 Å². The van der Waals surface area contributed by atoms with E-state index in [1.807, 2.05) is 0 Å². The molecular weight excluding hydrogens is 142 g/mol. The molecule has 0 spiro atoms. The second-order valence-corrected chi connectivity index (χ2v) is 0.943. The van der Waals surface area contributed by atoms with Gasteiger partial charge in [0, 0.05) is 13.2 Å². The van der Waals surface area contributed by atoms with Gasteiger partial charge in [-0.25, -0.2) is 0 Å². The lowest BCUT2D eigenvalue weighted by atomic mass is 10.3. The molecule has 4 N–H and O–H groups in total. The van der Waals surface area contributed by atoms with Crippen molar-refractivity contribution in [2.45, 2.75) is 13.8 Å². The summed E-state index contributed by atoms with van der Waals surface area (Å²) >= 11 is 0. The van der Waals surface area contributed by atoms with Crippen LogP contribution in [0.3, 0.4) is 0 Å². The predicted octanol–water partition coefficient (Wildman–Crippen LogP) is -1.08. The Morgan fingerprint density at radius 2 is 1.10 bits per heavy atom. The molecule has 0 unspecified atom stereocenters. The van der Waals surface area contributed by atoms with Gasteiger partial charge in [0.2, 0.25) is 0 Å². The van der Waals surface area contributed by atoms with E-state index in [4.69, 9.17) is 20.3 Å². The number of rotatable bonds is 0. The van der Waals surface area contributed by atoms with Crippen molar-refractivity contribution >= 4 is 7.40 Å². The van der Waals surface area contributed by atoms with Gasteiger partial charge in [-0.05, 0) is 13.8 Å². The standard InChI is InChI=1S/2C2H6O.BFH2O2/c2*1-2-3;2-1(3)4/h2*3H,2H2,1H3;3-4H. The monoisotopic (exact) mass is 156 g/mol. The van der Waals surface area contributed by atoms with Crippen molar-refractivity contribution in [2.24, 2.45) is 0 Å². The van der Waals surface area contributed by atoms with E-state index in [0.29, 0.717) is 0 Å². The Morgan fingerprint density at radius 1 is 1.10 bits per heavy atom. The minimum Gasteiger partial charge on any atom is -0.398 e. The number of aliphatic hydroxyl groups is 2. The van der Waals surface area contributed by atoms with Crippen LogP contribution in [0.2, 0.25) is 0 Å². The third kappa shape index (κ3) is 13400. The van der Waals surface area contributed by atoms with Crippen LogP contribution in [-0.4, -0.2) is 40.9 Å². The fourth-order valence-corrected chi connectivity index (χ4v) is 0. The first-order valence-electron chi connectivity index (χ1n) is 2.78. The first kappa shape index (κ1) is 16.4. The second-order valence-electron chi connectivity index (χ2n) is 0.943. The van der Waals surface area contributed by atoms with Gasteiger partial charge in [-0.3, -0.25) is 4.32 Å². The maximum atomic E-state index is 10.1. The topological polar surface area (TPSA) is 80.9 Å². The Morgan fingerprint density at radius 3 is 1.10 bits per heavy atom. The average molecular weight is 156 g/mol. The van der Waals surface area contributed by atoms with Gasteiger partial charge in [0.1, 0.15) is 0 Å². The van der Waals surface area contributed by atoms with E-state index in [1.54, 1.807) is 13.8 Å². The molecule has 0 amide bonds. The molecule has 0 aliphatic carbocycles. The van der Waals surface area contributed by atoms with E-state index in [1.165, 1.54) is 0 Å². The number of aliphatic hydroxyl groups excluding tert-OH is 2. The quantitative estimate of drug-likeness (QED) is 0.336. The summed E-state index contributed by atoms with van der Waals surface area (Å²) in [7, 11) is -2.67. The van der Waals surface area contributed by atoms with Crippen molar-refractivity contribution < 1.29 is 24.6 Å². The maximum Gasteiger partial charge on any atom is 0.674 e. The lowest BCUT2D eigenvalue weighted by Crippen LogP contribution is -1.98. The number of hydrogen-bond donors (Lipinski definition) is 4. The van der Waals surface area contributed by atoms with Crippen LogP contribution in [0.25, 0.3) is 0 Å². The zero-order valence-electron chi connectivity index (χ0n) is 6.16. The Hall–Kier alpha value is -0.165. The SMILES string of the molecule is CCO.CCO.OB(O)F. The summed E-state index contributed by atoms with van der Waals surface area (Å²) in [5, 5.41) is 29.0. The van der Waals surface area contributed by atoms with Crippen LogP contribution < -0.4 is 0 Å². The van der Waals surface area contributed by atoms with E-state index in [9.17, 15) is 4.32 Å². The van der Waals surface area contributed by atoms with Gasteiger partial charge in [-0.1, -0.05) is 0 Å². The van der Waals surface area contributed by atoms with E-state index in [2.05, 4.69) is 0 Å². The highest BCUT2D eigenvalue weighted by Crippen LogP contribution is 1.57. The summed E-state index contributed by atoms with van der Waals surface area (Å²) in [6.07, 6.45) is 0. The molecule has 0 rings (SSSR count). The highest BCUT2D eigenvalue weighted by atomic mass is 19.1. The minimum atomic E-state index is -2.67. The molecule has 0 radical (unpaired) electrons. The molecular formula is C4H14BFO4. The normalized spacial score (nSPS) is 6.30. The molecule has 0 saturated carbocycles. The van der Waals surface area contributed by atoms with Crippen LogP contribution >= 0.6 is 0 Å². The molecule has 0 aromatic rings. The van der Waals surface area contributed by atoms with Crippen LogP contribution in [-0.2, 0) is 0 Å². The first-order chi connectivity index (χ1) is 4.56. The van der Waals surface area contributed by atoms with E-state index in [0.717, 1.165) is 0 Å². The average Bonchev–Trinajstić information content (AvgIpc) is 1.65. The van der Waals surface area contributed by atoms with Crippen LogP contribution in [0.1, 0.15) is 13.8 Å². The molecule has 0 atom stereocenters. The Balaban J connectivity index is -0.0000000750. The van der Waals surface area contributed by atoms with Gasteiger partial charge in [0.05, 0.1) is 0 Å². The Kier molecular flexibility index (Phi) is 38.1. The second kappa shape index (κ2) is 23.2. The zero-order chi connectivity index (χ0) is 8.99. The summed E-state index contributed by atoms with van der Waals surface area (Å²) < 4.78 is 10.1. The lowest BCUT2D eigenvalue weighted by Gasteiger charge is -1.65. The predicted molar refractivity (Wildman–Crippen MR) is 36.8 cm³/mol. The molecule has 10 heavy (non-hydrogen) atoms. The summed E-state index contributed by atoms with van der Waals surface area (Å²) in [4.78, 5) is 0. The van der Waals surface area contributed by atoms with Crippen LogP contribution in [0.4, 0.5) is 4.32 Å². The molecule has 0 fully saturated rings. The maximum absolute atomic E-state index is 10.1. The van der Waals surface area contributed by atoms with Gasteiger partial charge < -0.3 is 20.3 Å². The van der Waals surface area contributed by atoms with Crippen molar-refractivity contribution in [3.05, 3.63) is 0 Å². The fourth-order valence-electron chi connectivity index (χ4n) is 0.